The number of hydrogen-bond acceptors (Lipinski definition) is 3. The van der Waals surface area contributed by atoms with Gasteiger partial charge in [-0.1, -0.05) is 13.8 Å². The molecule has 0 aliphatic heterocycles. The van der Waals surface area contributed by atoms with Crippen LogP contribution >= 0.6 is 0 Å². The average molecular weight is 181 g/mol. The van der Waals surface area contributed by atoms with Gasteiger partial charge in [-0.05, 0) is 12.8 Å². The van der Waals surface area contributed by atoms with Crippen LogP contribution in [-0.2, 0) is 4.79 Å². The Balaban J connectivity index is 4.28. The Hall–Kier alpha value is -1.50. The van der Waals surface area contributed by atoms with Crippen LogP contribution in [0.2, 0.25) is 0 Å². The number of nitrogens with zero attached hydrogens (tertiary/aromatic N) is 1. The third-order valence-electron chi connectivity index (χ3n) is 1.40. The van der Waals surface area contributed by atoms with Gasteiger partial charge in [-0.15, -0.1) is 0 Å². The number of hydrogen-bond donors (Lipinski definition) is 2. The van der Waals surface area contributed by atoms with Crippen molar-refractivity contribution in [3.8, 4) is 6.07 Å². The summed E-state index contributed by atoms with van der Waals surface area (Å²) in [7, 11) is 0. The van der Waals surface area contributed by atoms with E-state index in [0.29, 0.717) is 12.5 Å². The van der Waals surface area contributed by atoms with Crippen LogP contribution in [0.15, 0.2) is 11.3 Å². The zero-order valence-electron chi connectivity index (χ0n) is 8.22. The standard InChI is InChI=1S/C9H15N3O/c1-6(2)5-12-9(13)8(4-10)7(3)11/h6H,5,11H2,1-3H3,(H,12,13)/b8-7-. The Morgan fingerprint density at radius 2 is 2.15 bits per heavy atom. The van der Waals surface area contributed by atoms with E-state index in [4.69, 9.17) is 11.0 Å². The molecule has 4 nitrogen and oxygen atoms in total. The number of nitriles is 1. The van der Waals surface area contributed by atoms with E-state index in [2.05, 4.69) is 5.32 Å². The van der Waals surface area contributed by atoms with Crippen molar-refractivity contribution in [1.82, 2.24) is 5.32 Å². The number of nitrogens with one attached hydrogen (secondary N) is 1. The molecule has 13 heavy (non-hydrogen) atoms. The molecule has 0 aliphatic rings. The normalized spacial score (nSPS) is 11.9. The van der Waals surface area contributed by atoms with E-state index in [0.717, 1.165) is 0 Å². The monoisotopic (exact) mass is 181 g/mol. The van der Waals surface area contributed by atoms with E-state index >= 15 is 0 Å². The smallest absolute Gasteiger partial charge is 0.263 e. The van der Waals surface area contributed by atoms with Crippen molar-refractivity contribution < 1.29 is 4.79 Å². The largest absolute Gasteiger partial charge is 0.401 e. The maximum absolute atomic E-state index is 11.2. The molecule has 0 rings (SSSR count). The first kappa shape index (κ1) is 11.5. The minimum absolute atomic E-state index is 0.000602. The van der Waals surface area contributed by atoms with Gasteiger partial charge in [-0.2, -0.15) is 5.26 Å². The van der Waals surface area contributed by atoms with E-state index in [-0.39, 0.29) is 11.3 Å². The highest BCUT2D eigenvalue weighted by molar-refractivity contribution is 5.97. The fourth-order valence-corrected chi connectivity index (χ4v) is 0.703. The molecule has 0 heterocycles. The minimum atomic E-state index is -0.392. The molecule has 0 aromatic rings. The first-order chi connectivity index (χ1) is 5.99. The zero-order valence-corrected chi connectivity index (χ0v) is 8.22. The zero-order chi connectivity index (χ0) is 10.4. The molecule has 0 atom stereocenters. The molecule has 0 aliphatic carbocycles. The van der Waals surface area contributed by atoms with Crippen LogP contribution in [-0.4, -0.2) is 12.5 Å². The highest BCUT2D eigenvalue weighted by Gasteiger charge is 2.10. The molecule has 0 aromatic carbocycles. The van der Waals surface area contributed by atoms with Gasteiger partial charge in [0.2, 0.25) is 0 Å². The summed E-state index contributed by atoms with van der Waals surface area (Å²) in [5.41, 5.74) is 5.60. The van der Waals surface area contributed by atoms with Crippen LogP contribution in [0, 0.1) is 17.2 Å². The number of nitrogens with two attached hydrogens (primary N) is 1. The lowest BCUT2D eigenvalue weighted by atomic mass is 10.2. The van der Waals surface area contributed by atoms with Crippen molar-refractivity contribution in [1.29, 1.82) is 5.26 Å². The summed E-state index contributed by atoms with van der Waals surface area (Å²) in [6.45, 7) is 6.04. The molecular weight excluding hydrogens is 166 g/mol. The molecule has 0 aromatic heterocycles. The summed E-state index contributed by atoms with van der Waals surface area (Å²) >= 11 is 0. The van der Waals surface area contributed by atoms with Crippen LogP contribution in [0.3, 0.4) is 0 Å². The Morgan fingerprint density at radius 3 is 2.46 bits per heavy atom. The minimum Gasteiger partial charge on any atom is -0.401 e. The maximum Gasteiger partial charge on any atom is 0.263 e. The number of carbonyl (C=O) groups excluding carboxylic acids is 1. The fourth-order valence-electron chi connectivity index (χ4n) is 0.703. The molecule has 0 spiro atoms. The van der Waals surface area contributed by atoms with Gasteiger partial charge < -0.3 is 11.1 Å². The van der Waals surface area contributed by atoms with E-state index < -0.39 is 5.91 Å². The van der Waals surface area contributed by atoms with Gasteiger partial charge in [-0.3, -0.25) is 4.79 Å². The van der Waals surface area contributed by atoms with E-state index in [9.17, 15) is 4.79 Å². The fraction of sp³-hybridized carbons (Fsp3) is 0.556. The van der Waals surface area contributed by atoms with Crippen molar-refractivity contribution >= 4 is 5.91 Å². The molecular formula is C9H15N3O. The number of carbonyl (C=O) groups is 1. The lowest BCUT2D eigenvalue weighted by molar-refractivity contribution is -0.117. The third kappa shape index (κ3) is 4.16. The van der Waals surface area contributed by atoms with Crippen LogP contribution in [0.5, 0.6) is 0 Å². The van der Waals surface area contributed by atoms with E-state index in [1.54, 1.807) is 6.07 Å². The topological polar surface area (TPSA) is 78.9 Å². The van der Waals surface area contributed by atoms with Gasteiger partial charge in [0.05, 0.1) is 0 Å². The second kappa shape index (κ2) is 5.20. The van der Waals surface area contributed by atoms with Gasteiger partial charge in [0, 0.05) is 12.2 Å². The predicted octanol–water partition coefficient (Wildman–Crippen LogP) is 0.515. The van der Waals surface area contributed by atoms with Crippen LogP contribution < -0.4 is 11.1 Å². The molecule has 0 bridgehead atoms. The lowest BCUT2D eigenvalue weighted by Crippen LogP contribution is -2.29. The van der Waals surface area contributed by atoms with Crippen molar-refractivity contribution in [3.63, 3.8) is 0 Å². The van der Waals surface area contributed by atoms with Crippen molar-refractivity contribution in [2.24, 2.45) is 11.7 Å². The Labute approximate surface area is 78.4 Å². The van der Waals surface area contributed by atoms with Gasteiger partial charge in [0.15, 0.2) is 0 Å². The first-order valence-electron chi connectivity index (χ1n) is 4.13. The molecule has 4 heteroatoms. The summed E-state index contributed by atoms with van der Waals surface area (Å²) in [4.78, 5) is 11.2. The highest BCUT2D eigenvalue weighted by atomic mass is 16.1. The summed E-state index contributed by atoms with van der Waals surface area (Å²) in [6, 6.07) is 1.77. The molecule has 72 valence electrons. The second-order valence-electron chi connectivity index (χ2n) is 3.27. The molecule has 0 saturated heterocycles. The summed E-state index contributed by atoms with van der Waals surface area (Å²) < 4.78 is 0. The Bertz CT molecular complexity index is 257. The quantitative estimate of drug-likeness (QED) is 0.492. The Kier molecular flexibility index (Phi) is 4.60. The highest BCUT2D eigenvalue weighted by Crippen LogP contribution is 1.97. The summed E-state index contributed by atoms with van der Waals surface area (Å²) in [5.74, 6) is -0.0295. The molecule has 0 unspecified atom stereocenters. The third-order valence-corrected chi connectivity index (χ3v) is 1.40. The van der Waals surface area contributed by atoms with Gasteiger partial charge in [0.25, 0.3) is 5.91 Å². The molecule has 0 fully saturated rings. The van der Waals surface area contributed by atoms with Crippen molar-refractivity contribution in [2.45, 2.75) is 20.8 Å². The van der Waals surface area contributed by atoms with E-state index in [1.165, 1.54) is 6.92 Å². The van der Waals surface area contributed by atoms with Crippen LogP contribution in [0.25, 0.3) is 0 Å². The van der Waals surface area contributed by atoms with E-state index in [1.807, 2.05) is 13.8 Å². The van der Waals surface area contributed by atoms with Gasteiger partial charge in [0.1, 0.15) is 11.6 Å². The molecule has 0 radical (unpaired) electrons. The maximum atomic E-state index is 11.2. The second-order valence-corrected chi connectivity index (χ2v) is 3.27. The Morgan fingerprint density at radius 1 is 1.62 bits per heavy atom. The van der Waals surface area contributed by atoms with Gasteiger partial charge in [-0.25, -0.2) is 0 Å². The number of amides is 1. The number of allylic oxidation sites excluding steroid dienone is 1. The average Bonchev–Trinajstić information content (AvgIpc) is 2.01. The van der Waals surface area contributed by atoms with Crippen LogP contribution in [0.4, 0.5) is 0 Å². The summed E-state index contributed by atoms with van der Waals surface area (Å²) in [5, 5.41) is 11.2. The first-order valence-corrected chi connectivity index (χ1v) is 4.13. The molecule has 3 N–H and O–H groups in total. The van der Waals surface area contributed by atoms with Crippen LogP contribution in [0.1, 0.15) is 20.8 Å². The SMILES string of the molecule is C/C(N)=C(\C#N)C(=O)NCC(C)C. The molecule has 1 amide bonds. The van der Waals surface area contributed by atoms with Crippen molar-refractivity contribution in [3.05, 3.63) is 11.3 Å². The predicted molar refractivity (Wildman–Crippen MR) is 50.3 cm³/mol. The summed E-state index contributed by atoms with van der Waals surface area (Å²) in [6.07, 6.45) is 0. The van der Waals surface area contributed by atoms with Gasteiger partial charge >= 0.3 is 0 Å². The molecule has 0 saturated carbocycles. The van der Waals surface area contributed by atoms with Crippen molar-refractivity contribution in [2.75, 3.05) is 6.54 Å². The lowest BCUT2D eigenvalue weighted by Gasteiger charge is -2.06. The number of rotatable bonds is 3.